The number of thiocarbonyl (C=S) groups is 1. The Morgan fingerprint density at radius 2 is 2.00 bits per heavy atom. The smallest absolute Gasteiger partial charge is 0.270 e. The minimum Gasteiger partial charge on any atom is -0.504 e. The third kappa shape index (κ3) is 3.91. The third-order valence-corrected chi connectivity index (χ3v) is 5.45. The van der Waals surface area contributed by atoms with Crippen molar-refractivity contribution in [3.63, 3.8) is 0 Å². The van der Waals surface area contributed by atoms with Crippen LogP contribution in [0.5, 0.6) is 11.5 Å². The summed E-state index contributed by atoms with van der Waals surface area (Å²) in [6.45, 7) is 5.70. The van der Waals surface area contributed by atoms with Gasteiger partial charge in [0.2, 0.25) is 0 Å². The van der Waals surface area contributed by atoms with Crippen molar-refractivity contribution in [1.82, 2.24) is 0 Å². The fraction of sp³-hybridized carbons (Fsp3) is 0.143. The average molecular weight is 398 g/mol. The highest BCUT2D eigenvalue weighted by molar-refractivity contribution is 8.27. The number of phenolic OH excluding ortho intramolecular Hbond substituents is 1. The number of aromatic hydroxyl groups is 1. The SMILES string of the molecule is C=CCc1cc(/C=C2\SC(=S)N(c3ccc(C)cc3)C2=O)cc(OC)c1O. The highest BCUT2D eigenvalue weighted by Crippen LogP contribution is 2.38. The number of allylic oxidation sites excluding steroid dienone is 1. The largest absolute Gasteiger partial charge is 0.504 e. The van der Waals surface area contributed by atoms with E-state index in [1.54, 1.807) is 18.2 Å². The summed E-state index contributed by atoms with van der Waals surface area (Å²) >= 11 is 6.67. The molecule has 4 nitrogen and oxygen atoms in total. The van der Waals surface area contributed by atoms with Crippen LogP contribution >= 0.6 is 24.0 Å². The number of hydrogen-bond acceptors (Lipinski definition) is 5. The van der Waals surface area contributed by atoms with Crippen LogP contribution in [0.15, 0.2) is 54.0 Å². The molecule has 0 spiro atoms. The summed E-state index contributed by atoms with van der Waals surface area (Å²) in [4.78, 5) is 15.0. The number of amides is 1. The molecule has 3 rings (SSSR count). The van der Waals surface area contributed by atoms with Crippen LogP contribution in [0.3, 0.4) is 0 Å². The Labute approximate surface area is 168 Å². The quantitative estimate of drug-likeness (QED) is 0.444. The lowest BCUT2D eigenvalue weighted by molar-refractivity contribution is -0.113. The van der Waals surface area contributed by atoms with Crippen molar-refractivity contribution in [2.45, 2.75) is 13.3 Å². The molecular weight excluding hydrogens is 378 g/mol. The first-order chi connectivity index (χ1) is 12.9. The number of carbonyl (C=O) groups is 1. The zero-order chi connectivity index (χ0) is 19.6. The summed E-state index contributed by atoms with van der Waals surface area (Å²) in [6.07, 6.45) is 3.96. The summed E-state index contributed by atoms with van der Waals surface area (Å²) in [5.74, 6) is 0.280. The van der Waals surface area contributed by atoms with Gasteiger partial charge in [-0.05, 0) is 49.2 Å². The predicted octanol–water partition coefficient (Wildman–Crippen LogP) is 4.84. The normalized spacial score (nSPS) is 15.5. The number of methoxy groups -OCH3 is 1. The van der Waals surface area contributed by atoms with E-state index in [1.807, 2.05) is 37.3 Å². The molecule has 0 aromatic heterocycles. The minimum atomic E-state index is -0.161. The Morgan fingerprint density at radius 3 is 2.63 bits per heavy atom. The van der Waals surface area contributed by atoms with Gasteiger partial charge in [-0.15, -0.1) is 6.58 Å². The van der Waals surface area contributed by atoms with Gasteiger partial charge in [0.1, 0.15) is 0 Å². The van der Waals surface area contributed by atoms with Crippen molar-refractivity contribution < 1.29 is 14.6 Å². The Hall–Kier alpha value is -2.57. The third-order valence-electron chi connectivity index (χ3n) is 4.14. The second kappa shape index (κ2) is 7.98. The summed E-state index contributed by atoms with van der Waals surface area (Å²) in [5, 5.41) is 10.2. The number of benzene rings is 2. The van der Waals surface area contributed by atoms with Gasteiger partial charge in [-0.1, -0.05) is 47.8 Å². The van der Waals surface area contributed by atoms with E-state index in [2.05, 4.69) is 6.58 Å². The molecule has 1 saturated heterocycles. The molecule has 2 aromatic rings. The topological polar surface area (TPSA) is 49.8 Å². The standard InChI is InChI=1S/C21H19NO3S2/c1-4-5-15-10-14(11-17(25-3)19(15)23)12-18-20(24)22(21(26)27-18)16-8-6-13(2)7-9-16/h4,6-12,23H,1,5H2,2-3H3/b18-12-. The van der Waals surface area contributed by atoms with Crippen LogP contribution in [0.1, 0.15) is 16.7 Å². The molecule has 1 amide bonds. The van der Waals surface area contributed by atoms with E-state index in [1.165, 1.54) is 23.8 Å². The fourth-order valence-electron chi connectivity index (χ4n) is 2.77. The van der Waals surface area contributed by atoms with Crippen LogP contribution in [0.2, 0.25) is 0 Å². The molecular formula is C21H19NO3S2. The van der Waals surface area contributed by atoms with E-state index in [4.69, 9.17) is 17.0 Å². The second-order valence-corrected chi connectivity index (χ2v) is 7.75. The number of nitrogens with zero attached hydrogens (tertiary/aromatic N) is 1. The van der Waals surface area contributed by atoms with Crippen molar-refractivity contribution in [2.24, 2.45) is 0 Å². The van der Waals surface area contributed by atoms with Crippen molar-refractivity contribution >= 4 is 46.0 Å². The van der Waals surface area contributed by atoms with Gasteiger partial charge in [0, 0.05) is 5.56 Å². The van der Waals surface area contributed by atoms with Crippen LogP contribution in [0.4, 0.5) is 5.69 Å². The lowest BCUT2D eigenvalue weighted by Crippen LogP contribution is -2.27. The van der Waals surface area contributed by atoms with E-state index < -0.39 is 0 Å². The summed E-state index contributed by atoms with van der Waals surface area (Å²) in [7, 11) is 1.49. The summed E-state index contributed by atoms with van der Waals surface area (Å²) < 4.78 is 5.74. The molecule has 1 aliphatic rings. The number of ether oxygens (including phenoxy) is 1. The molecule has 0 atom stereocenters. The minimum absolute atomic E-state index is 0.0850. The van der Waals surface area contributed by atoms with Crippen molar-refractivity contribution in [3.8, 4) is 11.5 Å². The van der Waals surface area contributed by atoms with E-state index >= 15 is 0 Å². The van der Waals surface area contributed by atoms with E-state index in [0.29, 0.717) is 27.0 Å². The summed E-state index contributed by atoms with van der Waals surface area (Å²) in [6, 6.07) is 11.2. The molecule has 1 aliphatic heterocycles. The van der Waals surface area contributed by atoms with Crippen LogP contribution in [-0.4, -0.2) is 22.4 Å². The maximum atomic E-state index is 12.9. The molecule has 0 bridgehead atoms. The van der Waals surface area contributed by atoms with Crippen molar-refractivity contribution in [2.75, 3.05) is 12.0 Å². The van der Waals surface area contributed by atoms with E-state index in [9.17, 15) is 9.90 Å². The van der Waals surface area contributed by atoms with Gasteiger partial charge in [0.15, 0.2) is 15.8 Å². The molecule has 1 heterocycles. The van der Waals surface area contributed by atoms with E-state index in [-0.39, 0.29) is 11.7 Å². The zero-order valence-electron chi connectivity index (χ0n) is 15.1. The van der Waals surface area contributed by atoms with Gasteiger partial charge in [-0.25, -0.2) is 0 Å². The maximum absolute atomic E-state index is 12.9. The predicted molar refractivity (Wildman–Crippen MR) is 115 cm³/mol. The lowest BCUT2D eigenvalue weighted by atomic mass is 10.1. The Balaban J connectivity index is 1.97. The molecule has 0 aliphatic carbocycles. The average Bonchev–Trinajstić information content (AvgIpc) is 2.92. The number of phenols is 1. The van der Waals surface area contributed by atoms with Crippen LogP contribution in [0.25, 0.3) is 6.08 Å². The van der Waals surface area contributed by atoms with Crippen molar-refractivity contribution in [3.05, 3.63) is 70.6 Å². The lowest BCUT2D eigenvalue weighted by Gasteiger charge is -2.14. The molecule has 1 fully saturated rings. The first-order valence-electron chi connectivity index (χ1n) is 8.30. The van der Waals surface area contributed by atoms with Gasteiger partial charge in [-0.3, -0.25) is 9.69 Å². The van der Waals surface area contributed by atoms with E-state index in [0.717, 1.165) is 16.8 Å². The first-order valence-corrected chi connectivity index (χ1v) is 9.52. The van der Waals surface area contributed by atoms with Crippen molar-refractivity contribution in [1.29, 1.82) is 0 Å². The highest BCUT2D eigenvalue weighted by Gasteiger charge is 2.33. The molecule has 6 heteroatoms. The van der Waals surface area contributed by atoms with Crippen LogP contribution < -0.4 is 9.64 Å². The number of hydrogen-bond donors (Lipinski definition) is 1. The number of thioether (sulfide) groups is 1. The first kappa shape index (κ1) is 19.2. The molecule has 0 radical (unpaired) electrons. The Morgan fingerprint density at radius 1 is 1.30 bits per heavy atom. The van der Waals surface area contributed by atoms with Gasteiger partial charge in [0.25, 0.3) is 5.91 Å². The number of anilines is 1. The Kier molecular flexibility index (Phi) is 5.68. The fourth-order valence-corrected chi connectivity index (χ4v) is 4.07. The summed E-state index contributed by atoms with van der Waals surface area (Å²) in [5.41, 5.74) is 3.31. The molecule has 2 aromatic carbocycles. The number of rotatable bonds is 5. The molecule has 1 N–H and O–H groups in total. The van der Waals surface area contributed by atoms with Gasteiger partial charge < -0.3 is 9.84 Å². The van der Waals surface area contributed by atoms with Gasteiger partial charge in [-0.2, -0.15) is 0 Å². The molecule has 27 heavy (non-hydrogen) atoms. The van der Waals surface area contributed by atoms with Gasteiger partial charge in [0.05, 0.1) is 17.7 Å². The second-order valence-electron chi connectivity index (χ2n) is 6.08. The molecule has 0 saturated carbocycles. The molecule has 0 unspecified atom stereocenters. The monoisotopic (exact) mass is 397 g/mol. The molecule has 138 valence electrons. The van der Waals surface area contributed by atoms with Gasteiger partial charge >= 0.3 is 0 Å². The van der Waals surface area contributed by atoms with Crippen LogP contribution in [0, 0.1) is 6.92 Å². The highest BCUT2D eigenvalue weighted by atomic mass is 32.2. The Bertz CT molecular complexity index is 949. The maximum Gasteiger partial charge on any atom is 0.270 e. The van der Waals surface area contributed by atoms with Crippen LogP contribution in [-0.2, 0) is 11.2 Å². The zero-order valence-corrected chi connectivity index (χ0v) is 16.7. The number of carbonyl (C=O) groups excluding carboxylic acids is 1. The number of aryl methyl sites for hydroxylation is 1.